The molecule has 3 N–H and O–H groups in total. The number of nitrogens with zero attached hydrogens (tertiary/aromatic N) is 5. The number of aromatic nitrogens is 4. The van der Waals surface area contributed by atoms with Crippen LogP contribution in [0.2, 0.25) is 0 Å². The Morgan fingerprint density at radius 1 is 1.25 bits per heavy atom. The maximum Gasteiger partial charge on any atom is 0.415 e. The van der Waals surface area contributed by atoms with Crippen molar-refractivity contribution in [2.24, 2.45) is 0 Å². The molecule has 0 radical (unpaired) electrons. The van der Waals surface area contributed by atoms with Crippen LogP contribution in [0.25, 0.3) is 5.65 Å². The number of amides is 2. The number of nitrogens with one attached hydrogen (secondary N) is 2. The molecule has 3 aromatic rings. The van der Waals surface area contributed by atoms with Crippen LogP contribution in [0.15, 0.2) is 35.4 Å². The molecule has 0 saturated heterocycles. The van der Waals surface area contributed by atoms with E-state index in [2.05, 4.69) is 20.7 Å². The summed E-state index contributed by atoms with van der Waals surface area (Å²) in [6, 6.07) is 5.01. The summed E-state index contributed by atoms with van der Waals surface area (Å²) in [6.45, 7) is 7.12. The third-order valence-corrected chi connectivity index (χ3v) is 7.18. The first kappa shape index (κ1) is 27.6. The molecule has 12 heteroatoms. The molecule has 2 atom stereocenters. The van der Waals surface area contributed by atoms with E-state index >= 15 is 0 Å². The monoisotopic (exact) mass is 551 g/mol. The van der Waals surface area contributed by atoms with Crippen LogP contribution in [0.5, 0.6) is 0 Å². The summed E-state index contributed by atoms with van der Waals surface area (Å²) in [6.07, 6.45) is 7.20. The fourth-order valence-corrected chi connectivity index (χ4v) is 5.02. The molecular formula is C28H37N7O5. The second-order valence-corrected chi connectivity index (χ2v) is 12.1. The van der Waals surface area contributed by atoms with E-state index in [9.17, 15) is 19.5 Å². The third kappa shape index (κ3) is 5.96. The zero-order valence-corrected chi connectivity index (χ0v) is 23.6. The van der Waals surface area contributed by atoms with Crippen LogP contribution in [0.1, 0.15) is 82.6 Å². The van der Waals surface area contributed by atoms with E-state index in [-0.39, 0.29) is 46.3 Å². The molecule has 214 valence electrons. The summed E-state index contributed by atoms with van der Waals surface area (Å²) in [5, 5.41) is 21.0. The minimum absolute atomic E-state index is 0.130. The smallest absolute Gasteiger partial charge is 0.415 e. The van der Waals surface area contributed by atoms with Crippen LogP contribution in [0.4, 0.5) is 22.1 Å². The summed E-state index contributed by atoms with van der Waals surface area (Å²) >= 11 is 0. The Hall–Kier alpha value is -3.93. The number of pyridine rings is 1. The zero-order chi connectivity index (χ0) is 28.8. The van der Waals surface area contributed by atoms with Gasteiger partial charge in [-0.15, -0.1) is 0 Å². The lowest BCUT2D eigenvalue weighted by atomic mass is 9.83. The van der Waals surface area contributed by atoms with Gasteiger partial charge in [-0.25, -0.2) is 9.78 Å². The lowest BCUT2D eigenvalue weighted by Crippen LogP contribution is -2.36. The number of anilines is 3. The van der Waals surface area contributed by atoms with Crippen LogP contribution < -0.4 is 21.1 Å². The summed E-state index contributed by atoms with van der Waals surface area (Å²) in [7, 11) is 1.54. The Morgan fingerprint density at radius 3 is 2.67 bits per heavy atom. The summed E-state index contributed by atoms with van der Waals surface area (Å²) in [5.74, 6) is 0.246. The van der Waals surface area contributed by atoms with Crippen molar-refractivity contribution in [2.45, 2.75) is 89.5 Å². The van der Waals surface area contributed by atoms with E-state index < -0.39 is 17.3 Å². The van der Waals surface area contributed by atoms with E-state index in [1.54, 1.807) is 63.7 Å². The fourth-order valence-electron chi connectivity index (χ4n) is 5.02. The molecule has 0 aliphatic heterocycles. The van der Waals surface area contributed by atoms with E-state index in [4.69, 9.17) is 4.74 Å². The Morgan fingerprint density at radius 2 is 2.00 bits per heavy atom. The normalized spacial score (nSPS) is 21.2. The summed E-state index contributed by atoms with van der Waals surface area (Å²) in [5.41, 5.74) is -1.04. The maximum atomic E-state index is 13.5. The zero-order valence-electron chi connectivity index (χ0n) is 23.6. The second kappa shape index (κ2) is 10.2. The van der Waals surface area contributed by atoms with Gasteiger partial charge in [0.05, 0.1) is 11.8 Å². The number of ether oxygens (including phenoxy) is 1. The number of hydrogen-bond acceptors (Lipinski definition) is 8. The van der Waals surface area contributed by atoms with Crippen molar-refractivity contribution in [3.63, 3.8) is 0 Å². The van der Waals surface area contributed by atoms with Gasteiger partial charge in [-0.05, 0) is 78.4 Å². The highest BCUT2D eigenvalue weighted by molar-refractivity contribution is 6.00. The summed E-state index contributed by atoms with van der Waals surface area (Å²) in [4.78, 5) is 45.3. The standard InChI is InChI=1S/C28H37N7O5/c1-27(2,3)40-26(38)33(5)22-14-21(32-23-19(16-29-35(22)23)24(36)30-17-10-11-17)31-20-9-7-13-34(25(20)37)18-8-6-12-28(4,39)15-18/h7,9,13-14,16-18,39H,6,8,10-12,15H2,1-5H3,(H,30,36)(H,31,32)/t18-,28+/m1/s1. The van der Waals surface area contributed by atoms with E-state index in [0.717, 1.165) is 25.7 Å². The molecule has 0 unspecified atom stereocenters. The van der Waals surface area contributed by atoms with Gasteiger partial charge in [0, 0.05) is 31.4 Å². The number of aliphatic hydroxyl groups is 1. The molecule has 0 spiro atoms. The molecule has 2 amide bonds. The molecule has 40 heavy (non-hydrogen) atoms. The number of carbonyl (C=O) groups excluding carboxylic acids is 2. The Kier molecular flexibility index (Phi) is 7.07. The van der Waals surface area contributed by atoms with Gasteiger partial charge in [-0.1, -0.05) is 0 Å². The van der Waals surface area contributed by atoms with Gasteiger partial charge in [0.1, 0.15) is 28.5 Å². The highest BCUT2D eigenvalue weighted by Crippen LogP contribution is 2.34. The lowest BCUT2D eigenvalue weighted by Gasteiger charge is -2.34. The van der Waals surface area contributed by atoms with Gasteiger partial charge in [0.15, 0.2) is 5.65 Å². The van der Waals surface area contributed by atoms with Crippen molar-refractivity contribution in [2.75, 3.05) is 17.3 Å². The van der Waals surface area contributed by atoms with Gasteiger partial charge in [0.25, 0.3) is 11.5 Å². The van der Waals surface area contributed by atoms with Gasteiger partial charge < -0.3 is 25.0 Å². The summed E-state index contributed by atoms with van der Waals surface area (Å²) < 4.78 is 8.60. The van der Waals surface area contributed by atoms with Crippen LogP contribution >= 0.6 is 0 Å². The van der Waals surface area contributed by atoms with Gasteiger partial charge in [-0.3, -0.25) is 14.5 Å². The maximum absolute atomic E-state index is 13.5. The third-order valence-electron chi connectivity index (χ3n) is 7.18. The minimum Gasteiger partial charge on any atom is -0.443 e. The van der Waals surface area contributed by atoms with Crippen molar-refractivity contribution in [1.29, 1.82) is 0 Å². The van der Waals surface area contributed by atoms with E-state index in [1.807, 2.05) is 0 Å². The Bertz CT molecular complexity index is 1500. The first-order valence-electron chi connectivity index (χ1n) is 13.7. The fraction of sp³-hybridized carbons (Fsp3) is 0.536. The average Bonchev–Trinajstić information content (AvgIpc) is 3.57. The van der Waals surface area contributed by atoms with Crippen LogP contribution in [-0.4, -0.2) is 60.6 Å². The number of carbonyl (C=O) groups is 2. The van der Waals surface area contributed by atoms with Crippen LogP contribution in [0, 0.1) is 0 Å². The van der Waals surface area contributed by atoms with Crippen molar-refractivity contribution >= 4 is 35.0 Å². The van der Waals surface area contributed by atoms with Crippen LogP contribution in [-0.2, 0) is 4.74 Å². The van der Waals surface area contributed by atoms with Gasteiger partial charge in [-0.2, -0.15) is 9.61 Å². The topological polar surface area (TPSA) is 143 Å². The van der Waals surface area contributed by atoms with Crippen LogP contribution in [0.3, 0.4) is 0 Å². The first-order valence-corrected chi connectivity index (χ1v) is 13.7. The lowest BCUT2D eigenvalue weighted by molar-refractivity contribution is 0.00333. The molecule has 2 fully saturated rings. The minimum atomic E-state index is -0.820. The predicted octanol–water partition coefficient (Wildman–Crippen LogP) is 3.76. The number of rotatable bonds is 6. The molecular weight excluding hydrogens is 514 g/mol. The first-order chi connectivity index (χ1) is 18.8. The highest BCUT2D eigenvalue weighted by atomic mass is 16.6. The molecule has 0 bridgehead atoms. The Balaban J connectivity index is 1.53. The second-order valence-electron chi connectivity index (χ2n) is 12.1. The van der Waals surface area contributed by atoms with Gasteiger partial charge >= 0.3 is 6.09 Å². The SMILES string of the molecule is CN(C(=O)OC(C)(C)C)c1cc(Nc2cccn([C@@H]3CCC[C@](C)(O)C3)c2=O)nc2c(C(=O)NC3CC3)cnn12. The number of fused-ring (bicyclic) bond motifs is 1. The van der Waals surface area contributed by atoms with Gasteiger partial charge in [0.2, 0.25) is 0 Å². The van der Waals surface area contributed by atoms with Crippen molar-refractivity contribution in [3.05, 3.63) is 46.5 Å². The van der Waals surface area contributed by atoms with Crippen molar-refractivity contribution < 1.29 is 19.4 Å². The molecule has 3 aromatic heterocycles. The highest BCUT2D eigenvalue weighted by Gasteiger charge is 2.32. The molecule has 2 aliphatic carbocycles. The molecule has 2 aliphatic rings. The van der Waals surface area contributed by atoms with Crippen molar-refractivity contribution in [3.8, 4) is 0 Å². The molecule has 2 saturated carbocycles. The molecule has 3 heterocycles. The van der Waals surface area contributed by atoms with E-state index in [1.165, 1.54) is 15.6 Å². The number of hydrogen-bond donors (Lipinski definition) is 3. The molecule has 12 nitrogen and oxygen atoms in total. The average molecular weight is 552 g/mol. The largest absolute Gasteiger partial charge is 0.443 e. The van der Waals surface area contributed by atoms with Crippen molar-refractivity contribution in [1.82, 2.24) is 24.5 Å². The predicted molar refractivity (Wildman–Crippen MR) is 150 cm³/mol. The molecule has 5 rings (SSSR count). The molecule has 0 aromatic carbocycles. The Labute approximate surface area is 232 Å². The quantitative estimate of drug-likeness (QED) is 0.420. The van der Waals surface area contributed by atoms with E-state index in [0.29, 0.717) is 18.7 Å².